The largest absolute Gasteiger partial charge is 0.369 e. The highest BCUT2D eigenvalue weighted by atomic mass is 35.5. The summed E-state index contributed by atoms with van der Waals surface area (Å²) >= 11 is 24.0. The lowest BCUT2D eigenvalue weighted by atomic mass is 9.90. The molecule has 3 aliphatic rings. The topological polar surface area (TPSA) is 38.8 Å². The average molecular weight is 304 g/mol. The zero-order valence-corrected chi connectivity index (χ0v) is 10.8. The first-order chi connectivity index (χ1) is 7.32. The fourth-order valence-corrected chi connectivity index (χ4v) is 3.56. The first kappa shape index (κ1) is 11.6. The summed E-state index contributed by atoms with van der Waals surface area (Å²) in [6.07, 6.45) is 2.17. The van der Waals surface area contributed by atoms with Crippen LogP contribution in [0.2, 0.25) is 0 Å². The van der Waals surface area contributed by atoms with Crippen LogP contribution in [0.15, 0.2) is 12.2 Å². The Bertz CT molecular complexity index is 402. The molecule has 0 aliphatic carbocycles. The van der Waals surface area contributed by atoms with Gasteiger partial charge in [-0.2, -0.15) is 0 Å². The van der Waals surface area contributed by atoms with Gasteiger partial charge in [-0.05, 0) is 6.08 Å². The van der Waals surface area contributed by atoms with E-state index in [9.17, 15) is 4.79 Å². The highest BCUT2D eigenvalue weighted by molar-refractivity contribution is 6.70. The van der Waals surface area contributed by atoms with Crippen molar-refractivity contribution in [1.82, 2.24) is 0 Å². The monoisotopic (exact) mass is 302 g/mol. The number of epoxide rings is 1. The Balaban J connectivity index is 2.13. The van der Waals surface area contributed by atoms with Crippen molar-refractivity contribution in [2.75, 3.05) is 6.61 Å². The maximum absolute atomic E-state index is 12.1. The van der Waals surface area contributed by atoms with Gasteiger partial charge >= 0.3 is 0 Å². The van der Waals surface area contributed by atoms with Crippen LogP contribution in [-0.2, 0) is 14.3 Å². The van der Waals surface area contributed by atoms with E-state index in [-0.39, 0.29) is 6.10 Å². The van der Waals surface area contributed by atoms with E-state index in [4.69, 9.17) is 55.9 Å². The predicted octanol–water partition coefficient (Wildman–Crippen LogP) is 2.01. The van der Waals surface area contributed by atoms with E-state index in [0.29, 0.717) is 6.61 Å². The fourth-order valence-electron chi connectivity index (χ4n) is 2.09. The van der Waals surface area contributed by atoms with Gasteiger partial charge < -0.3 is 9.47 Å². The Kier molecular flexibility index (Phi) is 2.23. The molecule has 3 atom stereocenters. The van der Waals surface area contributed by atoms with Crippen molar-refractivity contribution in [2.45, 2.75) is 26.5 Å². The zero-order valence-electron chi connectivity index (χ0n) is 7.75. The Hall–Kier alpha value is 0.490. The van der Waals surface area contributed by atoms with Gasteiger partial charge in [0.1, 0.15) is 12.2 Å². The minimum absolute atomic E-state index is 0.322. The van der Waals surface area contributed by atoms with Gasteiger partial charge in [0.15, 0.2) is 5.60 Å². The maximum atomic E-state index is 12.1. The molecule has 0 aromatic rings. The fraction of sp³-hybridized carbons (Fsp3) is 0.667. The van der Waals surface area contributed by atoms with E-state index in [1.807, 2.05) is 0 Å². The van der Waals surface area contributed by atoms with E-state index < -0.39 is 26.2 Å². The van der Waals surface area contributed by atoms with Gasteiger partial charge in [-0.3, -0.25) is 4.79 Å². The van der Waals surface area contributed by atoms with Crippen molar-refractivity contribution in [1.29, 1.82) is 0 Å². The second kappa shape index (κ2) is 3.08. The third-order valence-corrected chi connectivity index (χ3v) is 4.80. The number of ketones is 1. The van der Waals surface area contributed by atoms with Crippen LogP contribution in [0.25, 0.3) is 0 Å². The van der Waals surface area contributed by atoms with Crippen LogP contribution < -0.4 is 0 Å². The highest BCUT2D eigenvalue weighted by Crippen LogP contribution is 2.58. The molecule has 3 rings (SSSR count). The van der Waals surface area contributed by atoms with Crippen molar-refractivity contribution in [3.63, 3.8) is 0 Å². The predicted molar refractivity (Wildman–Crippen MR) is 60.4 cm³/mol. The summed E-state index contributed by atoms with van der Waals surface area (Å²) in [7, 11) is 0. The molecule has 0 spiro atoms. The molecule has 3 heterocycles. The molecule has 16 heavy (non-hydrogen) atoms. The van der Waals surface area contributed by atoms with Crippen LogP contribution in [0.4, 0.5) is 0 Å². The van der Waals surface area contributed by atoms with Crippen LogP contribution in [0, 0.1) is 0 Å². The van der Waals surface area contributed by atoms with Gasteiger partial charge in [0.05, 0.1) is 6.61 Å². The van der Waals surface area contributed by atoms with Gasteiger partial charge in [-0.15, -0.1) is 0 Å². The Morgan fingerprint density at radius 1 is 1.31 bits per heavy atom. The van der Waals surface area contributed by atoms with Gasteiger partial charge in [0.2, 0.25) is 14.4 Å². The molecule has 0 N–H and O–H groups in total. The molecule has 2 bridgehead atoms. The highest BCUT2D eigenvalue weighted by Gasteiger charge is 2.74. The van der Waals surface area contributed by atoms with Crippen molar-refractivity contribution in [3.05, 3.63) is 12.2 Å². The number of Topliss-reactive ketones (excluding diaryl/α,β-unsaturated/α-hetero) is 1. The van der Waals surface area contributed by atoms with Crippen LogP contribution >= 0.6 is 46.4 Å². The van der Waals surface area contributed by atoms with Crippen LogP contribution in [0.3, 0.4) is 0 Å². The smallest absolute Gasteiger partial charge is 0.213 e. The van der Waals surface area contributed by atoms with Gasteiger partial charge in [0, 0.05) is 0 Å². The normalized spacial score (nSPS) is 47.1. The van der Waals surface area contributed by atoms with Crippen LogP contribution in [-0.4, -0.2) is 38.9 Å². The number of hydrogen-bond donors (Lipinski definition) is 0. The van der Waals surface area contributed by atoms with Crippen LogP contribution in [0.5, 0.6) is 0 Å². The average Bonchev–Trinajstić information content (AvgIpc) is 2.95. The summed E-state index contributed by atoms with van der Waals surface area (Å²) in [6, 6.07) is 0. The molecule has 0 aromatic heterocycles. The van der Waals surface area contributed by atoms with Crippen molar-refractivity contribution in [3.8, 4) is 0 Å². The second-order valence-corrected chi connectivity index (χ2v) is 6.75. The van der Waals surface area contributed by atoms with Crippen LogP contribution in [0.1, 0.15) is 0 Å². The molecule has 0 aromatic carbocycles. The lowest BCUT2D eigenvalue weighted by Crippen LogP contribution is -2.66. The molecule has 88 valence electrons. The van der Waals surface area contributed by atoms with Crippen molar-refractivity contribution in [2.24, 2.45) is 0 Å². The maximum Gasteiger partial charge on any atom is 0.213 e. The minimum atomic E-state index is -1.83. The summed E-state index contributed by atoms with van der Waals surface area (Å²) in [5.41, 5.74) is -1.16. The summed E-state index contributed by atoms with van der Waals surface area (Å²) in [4.78, 5) is 12.1. The Labute approximate surface area is 112 Å². The van der Waals surface area contributed by atoms with Crippen molar-refractivity contribution >= 4 is 52.2 Å². The second-order valence-electron chi connectivity index (χ2n) is 4.04. The third-order valence-electron chi connectivity index (χ3n) is 3.09. The van der Waals surface area contributed by atoms with Gasteiger partial charge in [0.25, 0.3) is 0 Å². The zero-order chi connectivity index (χ0) is 11.8. The summed E-state index contributed by atoms with van der Waals surface area (Å²) in [5, 5.41) is 0. The number of fused-ring (bicyclic) bond motifs is 2. The molecule has 2 fully saturated rings. The number of ether oxygens (including phenoxy) is 2. The summed E-state index contributed by atoms with van der Waals surface area (Å²) in [6.45, 7) is 0.448. The molecule has 0 amide bonds. The molecule has 7 heteroatoms. The molecular weight excluding hydrogens is 298 g/mol. The van der Waals surface area contributed by atoms with Gasteiger partial charge in [-0.25, -0.2) is 0 Å². The molecule has 0 unspecified atom stereocenters. The standard InChI is InChI=1S/C9H6Cl4O3/c10-8(11)4-1-2-7(16-4,5-3-15-5)9(12,13)6(8)14/h1-2,4-5H,3H2/t4-,5-,7-/m0/s1. The van der Waals surface area contributed by atoms with Gasteiger partial charge in [-0.1, -0.05) is 52.5 Å². The summed E-state index contributed by atoms with van der Waals surface area (Å²) < 4.78 is 7.18. The lowest BCUT2D eigenvalue weighted by molar-refractivity contribution is -0.143. The number of carbonyl (C=O) groups excluding carboxylic acids is 1. The molecule has 0 saturated carbocycles. The third kappa shape index (κ3) is 1.17. The quantitative estimate of drug-likeness (QED) is 0.422. The minimum Gasteiger partial charge on any atom is -0.369 e. The Morgan fingerprint density at radius 2 is 1.94 bits per heavy atom. The number of hydrogen-bond acceptors (Lipinski definition) is 3. The lowest BCUT2D eigenvalue weighted by Gasteiger charge is -2.45. The van der Waals surface area contributed by atoms with Crippen molar-refractivity contribution < 1.29 is 14.3 Å². The SMILES string of the molecule is O=C1C(Cl)(Cl)[C@@H]2C=C[C@@]([C@@H]3CO3)(O2)C1(Cl)Cl. The number of carbonyl (C=O) groups is 1. The van der Waals surface area contributed by atoms with E-state index >= 15 is 0 Å². The molecule has 2 saturated heterocycles. The van der Waals surface area contributed by atoms with E-state index in [2.05, 4.69) is 0 Å². The summed E-state index contributed by atoms with van der Waals surface area (Å²) in [5.74, 6) is -0.664. The number of halogens is 4. The number of rotatable bonds is 1. The molecular formula is C9H6Cl4O3. The molecule has 0 radical (unpaired) electrons. The molecule has 3 aliphatic heterocycles. The Morgan fingerprint density at radius 3 is 2.50 bits per heavy atom. The first-order valence-corrected chi connectivity index (χ1v) is 6.13. The molecule has 3 nitrogen and oxygen atoms in total. The van der Waals surface area contributed by atoms with E-state index in [1.165, 1.54) is 0 Å². The number of alkyl halides is 4. The first-order valence-electron chi connectivity index (χ1n) is 4.62. The van der Waals surface area contributed by atoms with E-state index in [1.54, 1.807) is 12.2 Å². The van der Waals surface area contributed by atoms with E-state index in [0.717, 1.165) is 0 Å².